The van der Waals surface area contributed by atoms with Gasteiger partial charge in [0.2, 0.25) is 0 Å². The average molecular weight is 275 g/mol. The lowest BCUT2D eigenvalue weighted by Gasteiger charge is -2.06. The third-order valence-electron chi connectivity index (χ3n) is 1.90. The molecule has 0 saturated heterocycles. The van der Waals surface area contributed by atoms with Gasteiger partial charge >= 0.3 is 5.97 Å². The van der Waals surface area contributed by atoms with Gasteiger partial charge in [0.1, 0.15) is 5.75 Å². The summed E-state index contributed by atoms with van der Waals surface area (Å²) >= 11 is 5.71. The van der Waals surface area contributed by atoms with Crippen LogP contribution in [-0.4, -0.2) is 30.9 Å². The first-order chi connectivity index (χ1) is 8.51. The molecule has 0 atom stereocenters. The Bertz CT molecular complexity index is 364. The number of carboxylic acids is 1. The molecule has 5 heteroatoms. The van der Waals surface area contributed by atoms with Crippen molar-refractivity contribution in [2.75, 3.05) is 19.8 Å². The van der Waals surface area contributed by atoms with Gasteiger partial charge < -0.3 is 14.6 Å². The zero-order valence-corrected chi connectivity index (χ0v) is 11.7. The Morgan fingerprint density at radius 2 is 1.94 bits per heavy atom. The van der Waals surface area contributed by atoms with Crippen LogP contribution in [0.25, 0.3) is 0 Å². The van der Waals surface area contributed by atoms with Crippen molar-refractivity contribution < 1.29 is 19.4 Å². The van der Waals surface area contributed by atoms with E-state index in [0.29, 0.717) is 10.8 Å². The minimum atomic E-state index is -0.991. The highest BCUT2D eigenvalue weighted by Gasteiger charge is 2.02. The maximum atomic E-state index is 10.2. The largest absolute Gasteiger partial charge is 0.482 e. The molecule has 1 aromatic rings. The smallest absolute Gasteiger partial charge is 0.341 e. The first-order valence-electron chi connectivity index (χ1n) is 5.69. The van der Waals surface area contributed by atoms with Crippen LogP contribution in [0.5, 0.6) is 5.75 Å². The molecule has 1 N–H and O–H groups in total. The lowest BCUT2D eigenvalue weighted by molar-refractivity contribution is -0.139. The molecule has 0 aliphatic carbocycles. The zero-order chi connectivity index (χ0) is 14.0. The van der Waals surface area contributed by atoms with Crippen molar-refractivity contribution in [2.24, 2.45) is 0 Å². The fourth-order valence-electron chi connectivity index (χ4n) is 1.12. The van der Waals surface area contributed by atoms with Gasteiger partial charge in [0.15, 0.2) is 6.61 Å². The molecule has 4 nitrogen and oxygen atoms in total. The SMILES string of the molecule is CCOCC.Cc1cc(Cl)ccc1OCC(=O)O. The van der Waals surface area contributed by atoms with Crippen LogP contribution in [0, 0.1) is 6.92 Å². The van der Waals surface area contributed by atoms with Gasteiger partial charge in [-0.15, -0.1) is 0 Å². The maximum Gasteiger partial charge on any atom is 0.341 e. The zero-order valence-electron chi connectivity index (χ0n) is 10.9. The van der Waals surface area contributed by atoms with E-state index in [0.717, 1.165) is 18.8 Å². The van der Waals surface area contributed by atoms with Crippen LogP contribution in [0.4, 0.5) is 0 Å². The molecule has 0 aliphatic rings. The first kappa shape index (κ1) is 16.7. The summed E-state index contributed by atoms with van der Waals surface area (Å²) in [5.74, 6) is -0.443. The highest BCUT2D eigenvalue weighted by molar-refractivity contribution is 6.30. The molecule has 0 fully saturated rings. The van der Waals surface area contributed by atoms with E-state index in [1.54, 1.807) is 18.2 Å². The van der Waals surface area contributed by atoms with Gasteiger partial charge in [-0.1, -0.05) is 11.6 Å². The van der Waals surface area contributed by atoms with Crippen LogP contribution in [0.15, 0.2) is 18.2 Å². The Hall–Kier alpha value is -1.26. The van der Waals surface area contributed by atoms with E-state index in [9.17, 15) is 4.79 Å². The van der Waals surface area contributed by atoms with Crippen LogP contribution >= 0.6 is 11.6 Å². The molecule has 0 unspecified atom stereocenters. The van der Waals surface area contributed by atoms with E-state index in [4.69, 9.17) is 26.2 Å². The van der Waals surface area contributed by atoms with Crippen LogP contribution < -0.4 is 4.74 Å². The van der Waals surface area contributed by atoms with Crippen molar-refractivity contribution in [3.8, 4) is 5.75 Å². The van der Waals surface area contributed by atoms with Crippen molar-refractivity contribution in [1.82, 2.24) is 0 Å². The number of carboxylic acid groups (broad SMARTS) is 1. The van der Waals surface area contributed by atoms with Crippen molar-refractivity contribution in [1.29, 1.82) is 0 Å². The molecule has 0 saturated carbocycles. The predicted molar refractivity (Wildman–Crippen MR) is 71.5 cm³/mol. The fourth-order valence-corrected chi connectivity index (χ4v) is 1.35. The lowest BCUT2D eigenvalue weighted by Crippen LogP contribution is -2.09. The number of halogens is 1. The molecule has 1 rings (SSSR count). The van der Waals surface area contributed by atoms with Gasteiger partial charge in [-0.3, -0.25) is 0 Å². The minimum Gasteiger partial charge on any atom is -0.482 e. The van der Waals surface area contributed by atoms with Crippen molar-refractivity contribution in [2.45, 2.75) is 20.8 Å². The van der Waals surface area contributed by atoms with Gasteiger partial charge in [-0.25, -0.2) is 4.79 Å². The number of aliphatic carboxylic acids is 1. The molecule has 18 heavy (non-hydrogen) atoms. The highest BCUT2D eigenvalue weighted by atomic mass is 35.5. The maximum absolute atomic E-state index is 10.2. The summed E-state index contributed by atoms with van der Waals surface area (Å²) < 4.78 is 9.83. The number of rotatable bonds is 5. The molecule has 0 spiro atoms. The Morgan fingerprint density at radius 1 is 1.33 bits per heavy atom. The molecule has 1 aromatic carbocycles. The molecule has 102 valence electrons. The Morgan fingerprint density at radius 3 is 2.33 bits per heavy atom. The van der Waals surface area contributed by atoms with E-state index >= 15 is 0 Å². The molecule has 0 amide bonds. The van der Waals surface area contributed by atoms with E-state index in [2.05, 4.69) is 0 Å². The second-order valence-corrected chi connectivity index (χ2v) is 3.81. The number of benzene rings is 1. The Balaban J connectivity index is 0.000000494. The van der Waals surface area contributed by atoms with Crippen LogP contribution in [-0.2, 0) is 9.53 Å². The molecule has 0 aromatic heterocycles. The summed E-state index contributed by atoms with van der Waals surface area (Å²) in [4.78, 5) is 10.2. The summed E-state index contributed by atoms with van der Waals surface area (Å²) in [5, 5.41) is 8.98. The van der Waals surface area contributed by atoms with Crippen LogP contribution in [0.2, 0.25) is 5.02 Å². The number of aryl methyl sites for hydroxylation is 1. The topological polar surface area (TPSA) is 55.8 Å². The number of carbonyl (C=O) groups is 1. The first-order valence-corrected chi connectivity index (χ1v) is 6.07. The summed E-state index contributed by atoms with van der Waals surface area (Å²) in [6.07, 6.45) is 0. The van der Waals surface area contributed by atoms with E-state index in [1.165, 1.54) is 0 Å². The lowest BCUT2D eigenvalue weighted by atomic mass is 10.2. The average Bonchev–Trinajstić information content (AvgIpc) is 2.29. The highest BCUT2D eigenvalue weighted by Crippen LogP contribution is 2.21. The second-order valence-electron chi connectivity index (χ2n) is 3.37. The second kappa shape index (κ2) is 9.74. The standard InChI is InChI=1S/C9H9ClO3.C4H10O/c1-6-4-7(10)2-3-8(6)13-5-9(11)12;1-3-5-4-2/h2-4H,5H2,1H3,(H,11,12);3-4H2,1-2H3. The molecule has 0 heterocycles. The van der Waals surface area contributed by atoms with Crippen molar-refractivity contribution in [3.05, 3.63) is 28.8 Å². The molecule has 0 bridgehead atoms. The molecular formula is C13H19ClO4. The van der Waals surface area contributed by atoms with E-state index < -0.39 is 5.97 Å². The van der Waals surface area contributed by atoms with E-state index in [-0.39, 0.29) is 6.61 Å². The third-order valence-corrected chi connectivity index (χ3v) is 2.13. The van der Waals surface area contributed by atoms with Crippen LogP contribution in [0.1, 0.15) is 19.4 Å². The Labute approximate surface area is 112 Å². The number of hydrogen-bond acceptors (Lipinski definition) is 3. The predicted octanol–water partition coefficient (Wildman–Crippen LogP) is 3.15. The molecular weight excluding hydrogens is 256 g/mol. The van der Waals surface area contributed by atoms with Gasteiger partial charge in [0, 0.05) is 18.2 Å². The molecule has 0 radical (unpaired) electrons. The monoisotopic (exact) mass is 274 g/mol. The summed E-state index contributed by atoms with van der Waals surface area (Å²) in [5.41, 5.74) is 0.828. The van der Waals surface area contributed by atoms with Gasteiger partial charge in [0.25, 0.3) is 0 Å². The quantitative estimate of drug-likeness (QED) is 0.896. The van der Waals surface area contributed by atoms with Crippen molar-refractivity contribution in [3.63, 3.8) is 0 Å². The Kier molecular flexibility index (Phi) is 9.06. The normalized spacial score (nSPS) is 9.33. The van der Waals surface area contributed by atoms with Gasteiger partial charge in [-0.2, -0.15) is 0 Å². The number of ether oxygens (including phenoxy) is 2. The van der Waals surface area contributed by atoms with Crippen molar-refractivity contribution >= 4 is 17.6 Å². The van der Waals surface area contributed by atoms with Gasteiger partial charge in [-0.05, 0) is 44.5 Å². The molecule has 0 aliphatic heterocycles. The fraction of sp³-hybridized carbons (Fsp3) is 0.462. The minimum absolute atomic E-state index is 0.331. The summed E-state index contributed by atoms with van der Waals surface area (Å²) in [6, 6.07) is 5.03. The van der Waals surface area contributed by atoms with E-state index in [1.807, 2.05) is 20.8 Å². The summed E-state index contributed by atoms with van der Waals surface area (Å²) in [6.45, 7) is 7.14. The summed E-state index contributed by atoms with van der Waals surface area (Å²) in [7, 11) is 0. The number of hydrogen-bond donors (Lipinski definition) is 1. The van der Waals surface area contributed by atoms with Gasteiger partial charge in [0.05, 0.1) is 0 Å². The van der Waals surface area contributed by atoms with Crippen LogP contribution in [0.3, 0.4) is 0 Å². The third kappa shape index (κ3) is 7.92.